The van der Waals surface area contributed by atoms with E-state index in [0.717, 1.165) is 16.9 Å². The molecule has 18 heavy (non-hydrogen) atoms. The van der Waals surface area contributed by atoms with E-state index in [2.05, 4.69) is 41.7 Å². The van der Waals surface area contributed by atoms with Crippen molar-refractivity contribution >= 4 is 38.6 Å². The third kappa shape index (κ3) is 2.28. The number of benzene rings is 1. The van der Waals surface area contributed by atoms with Crippen LogP contribution in [0.5, 0.6) is 0 Å². The summed E-state index contributed by atoms with van der Waals surface area (Å²) in [5.41, 5.74) is 1.57. The minimum absolute atomic E-state index is 0.226. The molecule has 2 nitrogen and oxygen atoms in total. The summed E-state index contributed by atoms with van der Waals surface area (Å²) in [4.78, 5) is 4.47. The van der Waals surface area contributed by atoms with Gasteiger partial charge in [-0.2, -0.15) is 0 Å². The predicted molar refractivity (Wildman–Crippen MR) is 76.5 cm³/mol. The zero-order valence-corrected chi connectivity index (χ0v) is 12.9. The van der Waals surface area contributed by atoms with Crippen LogP contribution in [0.1, 0.15) is 32.6 Å². The van der Waals surface area contributed by atoms with E-state index < -0.39 is 0 Å². The lowest BCUT2D eigenvalue weighted by Gasteiger charge is -2.20. The van der Waals surface area contributed by atoms with Crippen LogP contribution in [0.15, 0.2) is 16.6 Å². The molecule has 0 aliphatic heterocycles. The van der Waals surface area contributed by atoms with Crippen molar-refractivity contribution in [2.45, 2.75) is 32.7 Å². The van der Waals surface area contributed by atoms with E-state index in [-0.39, 0.29) is 11.9 Å². The van der Waals surface area contributed by atoms with Gasteiger partial charge in [-0.15, -0.1) is 11.6 Å². The van der Waals surface area contributed by atoms with Gasteiger partial charge in [0.05, 0.1) is 21.4 Å². The lowest BCUT2D eigenvalue weighted by molar-refractivity contribution is 0.409. The number of aromatic nitrogens is 2. The highest BCUT2D eigenvalue weighted by Gasteiger charge is 2.19. The van der Waals surface area contributed by atoms with Crippen molar-refractivity contribution in [3.05, 3.63) is 28.2 Å². The molecule has 0 spiro atoms. The van der Waals surface area contributed by atoms with Gasteiger partial charge in [0.2, 0.25) is 0 Å². The Morgan fingerprint density at radius 3 is 2.61 bits per heavy atom. The van der Waals surface area contributed by atoms with Gasteiger partial charge in [-0.3, -0.25) is 0 Å². The molecule has 0 amide bonds. The van der Waals surface area contributed by atoms with E-state index in [9.17, 15) is 4.39 Å². The van der Waals surface area contributed by atoms with Gasteiger partial charge in [0, 0.05) is 12.1 Å². The Kier molecular flexibility index (Phi) is 3.97. The highest BCUT2D eigenvalue weighted by Crippen LogP contribution is 2.29. The van der Waals surface area contributed by atoms with Crippen LogP contribution in [-0.2, 0) is 5.88 Å². The smallest absolute Gasteiger partial charge is 0.139 e. The van der Waals surface area contributed by atoms with E-state index in [0.29, 0.717) is 16.3 Å². The molecular weight excluding hydrogens is 319 g/mol. The summed E-state index contributed by atoms with van der Waals surface area (Å²) in [6, 6.07) is 3.44. The fourth-order valence-electron chi connectivity index (χ4n) is 1.99. The minimum atomic E-state index is -0.277. The number of imidazole rings is 1. The molecule has 1 atom stereocenters. The highest BCUT2D eigenvalue weighted by atomic mass is 79.9. The second-order valence-electron chi connectivity index (χ2n) is 4.77. The molecule has 98 valence electrons. The Morgan fingerprint density at radius 2 is 2.06 bits per heavy atom. The summed E-state index contributed by atoms with van der Waals surface area (Å²) in [5.74, 6) is 1.26. The Bertz CT molecular complexity index is 580. The van der Waals surface area contributed by atoms with Crippen molar-refractivity contribution in [3.63, 3.8) is 0 Å². The Labute approximate surface area is 119 Å². The van der Waals surface area contributed by atoms with Crippen molar-refractivity contribution < 1.29 is 4.39 Å². The Balaban J connectivity index is 2.72. The van der Waals surface area contributed by atoms with Crippen molar-refractivity contribution in [2.24, 2.45) is 5.92 Å². The molecule has 5 heteroatoms. The number of nitrogens with zero attached hydrogens (tertiary/aromatic N) is 2. The lowest BCUT2D eigenvalue weighted by atomic mass is 10.1. The second-order valence-corrected chi connectivity index (χ2v) is 5.89. The molecule has 0 aliphatic carbocycles. The van der Waals surface area contributed by atoms with E-state index in [1.807, 2.05) is 4.57 Å². The molecule has 1 unspecified atom stereocenters. The lowest BCUT2D eigenvalue weighted by Crippen LogP contribution is -2.14. The van der Waals surface area contributed by atoms with Crippen molar-refractivity contribution in [1.29, 1.82) is 0 Å². The fourth-order valence-corrected chi connectivity index (χ4v) is 2.51. The number of alkyl halides is 1. The molecule has 0 saturated heterocycles. The first-order valence-electron chi connectivity index (χ1n) is 5.87. The zero-order valence-electron chi connectivity index (χ0n) is 10.5. The standard InChI is InChI=1S/C13H15BrClFN2/c1-7(2)8(3)18-12-5-10(16)9(14)4-11(12)17-13(18)6-15/h4-5,7-8H,6H2,1-3H3. The number of fused-ring (bicyclic) bond motifs is 1. The van der Waals surface area contributed by atoms with Crippen LogP contribution >= 0.6 is 27.5 Å². The summed E-state index contributed by atoms with van der Waals surface area (Å²) in [6.07, 6.45) is 0. The maximum absolute atomic E-state index is 13.7. The van der Waals surface area contributed by atoms with Crippen LogP contribution in [0.4, 0.5) is 4.39 Å². The SMILES string of the molecule is CC(C)C(C)n1c(CCl)nc2cc(Br)c(F)cc21. The van der Waals surface area contributed by atoms with Crippen LogP contribution in [0.25, 0.3) is 11.0 Å². The number of rotatable bonds is 3. The molecule has 0 N–H and O–H groups in total. The molecule has 0 bridgehead atoms. The summed E-state index contributed by atoms with van der Waals surface area (Å²) in [5, 5.41) is 0. The summed E-state index contributed by atoms with van der Waals surface area (Å²) >= 11 is 9.12. The van der Waals surface area contributed by atoms with Crippen LogP contribution in [-0.4, -0.2) is 9.55 Å². The third-order valence-corrected chi connectivity index (χ3v) is 4.14. The average Bonchev–Trinajstić information content (AvgIpc) is 2.66. The van der Waals surface area contributed by atoms with Crippen molar-refractivity contribution in [1.82, 2.24) is 9.55 Å². The van der Waals surface area contributed by atoms with Crippen LogP contribution in [0.2, 0.25) is 0 Å². The number of halogens is 3. The molecule has 0 fully saturated rings. The molecule has 2 rings (SSSR count). The molecule has 0 radical (unpaired) electrons. The molecule has 1 aromatic heterocycles. The largest absolute Gasteiger partial charge is 0.324 e. The molecule has 2 aromatic rings. The minimum Gasteiger partial charge on any atom is -0.324 e. The van der Waals surface area contributed by atoms with Gasteiger partial charge in [0.15, 0.2) is 0 Å². The van der Waals surface area contributed by atoms with Crippen molar-refractivity contribution in [3.8, 4) is 0 Å². The molecule has 0 aliphatic rings. The van der Waals surface area contributed by atoms with Crippen molar-refractivity contribution in [2.75, 3.05) is 0 Å². The number of hydrogen-bond acceptors (Lipinski definition) is 1. The maximum atomic E-state index is 13.7. The molecule has 1 heterocycles. The van der Waals surface area contributed by atoms with Crippen LogP contribution in [0.3, 0.4) is 0 Å². The number of hydrogen-bond donors (Lipinski definition) is 0. The monoisotopic (exact) mass is 332 g/mol. The summed E-state index contributed by atoms with van der Waals surface area (Å²) in [7, 11) is 0. The predicted octanol–water partition coefficient (Wildman–Crippen LogP) is 4.89. The first kappa shape index (κ1) is 13.8. The van der Waals surface area contributed by atoms with Gasteiger partial charge < -0.3 is 4.57 Å². The van der Waals surface area contributed by atoms with Gasteiger partial charge >= 0.3 is 0 Å². The quantitative estimate of drug-likeness (QED) is 0.731. The maximum Gasteiger partial charge on any atom is 0.139 e. The first-order chi connectivity index (χ1) is 8.45. The highest BCUT2D eigenvalue weighted by molar-refractivity contribution is 9.10. The van der Waals surface area contributed by atoms with Gasteiger partial charge in [0.1, 0.15) is 11.6 Å². The van der Waals surface area contributed by atoms with Crippen LogP contribution < -0.4 is 0 Å². The van der Waals surface area contributed by atoms with E-state index in [1.54, 1.807) is 6.07 Å². The van der Waals surface area contributed by atoms with E-state index in [4.69, 9.17) is 11.6 Å². The van der Waals surface area contributed by atoms with Crippen LogP contribution in [0, 0.1) is 11.7 Å². The first-order valence-corrected chi connectivity index (χ1v) is 7.20. The zero-order chi connectivity index (χ0) is 13.4. The Hall–Kier alpha value is -0.610. The van der Waals surface area contributed by atoms with E-state index >= 15 is 0 Å². The second kappa shape index (κ2) is 5.17. The normalized spacial score (nSPS) is 13.5. The fraction of sp³-hybridized carbons (Fsp3) is 0.462. The Morgan fingerprint density at radius 1 is 1.39 bits per heavy atom. The average molecular weight is 334 g/mol. The molecule has 0 saturated carbocycles. The molecule has 1 aromatic carbocycles. The third-order valence-electron chi connectivity index (χ3n) is 3.30. The van der Waals surface area contributed by atoms with E-state index in [1.165, 1.54) is 6.07 Å². The van der Waals surface area contributed by atoms with Gasteiger partial charge in [-0.25, -0.2) is 9.37 Å². The topological polar surface area (TPSA) is 17.8 Å². The van der Waals surface area contributed by atoms with Gasteiger partial charge in [-0.1, -0.05) is 13.8 Å². The van der Waals surface area contributed by atoms with Gasteiger partial charge in [-0.05, 0) is 34.8 Å². The summed E-state index contributed by atoms with van der Waals surface area (Å²) < 4.78 is 16.1. The summed E-state index contributed by atoms with van der Waals surface area (Å²) in [6.45, 7) is 6.36. The van der Waals surface area contributed by atoms with Gasteiger partial charge in [0.25, 0.3) is 0 Å². The molecular formula is C13H15BrClFN2.